The van der Waals surface area contributed by atoms with Gasteiger partial charge in [0.2, 0.25) is 10.0 Å². The Morgan fingerprint density at radius 3 is 2.78 bits per heavy atom. The van der Waals surface area contributed by atoms with E-state index in [9.17, 15) is 13.2 Å². The maximum absolute atomic E-state index is 17.4. The number of allylic oxidation sites excluding steroid dienone is 1. The van der Waals surface area contributed by atoms with E-state index in [0.29, 0.717) is 62.3 Å². The summed E-state index contributed by atoms with van der Waals surface area (Å²) in [5.74, 6) is -1.24. The van der Waals surface area contributed by atoms with Crippen molar-refractivity contribution in [3.8, 4) is 5.75 Å². The average Bonchev–Trinajstić information content (AvgIpc) is 3.59. The van der Waals surface area contributed by atoms with Crippen molar-refractivity contribution in [3.05, 3.63) is 70.0 Å². The number of aryl methyl sites for hydroxylation is 1. The zero-order valence-electron chi connectivity index (χ0n) is 32.1. The molecule has 1 aliphatic carbocycles. The summed E-state index contributed by atoms with van der Waals surface area (Å²) in [6.07, 6.45) is 4.42. The quantitative estimate of drug-likeness (QED) is 0.458. The molecule has 0 radical (unpaired) electrons. The maximum atomic E-state index is 17.4. The number of morpholine rings is 1. The Bertz CT molecular complexity index is 1920. The van der Waals surface area contributed by atoms with Crippen LogP contribution < -0.4 is 14.4 Å². The van der Waals surface area contributed by atoms with Crippen LogP contribution in [0.4, 0.5) is 10.1 Å². The summed E-state index contributed by atoms with van der Waals surface area (Å²) in [5.41, 5.74) is 1.46. The molecule has 0 unspecified atom stereocenters. The number of benzene rings is 2. The number of anilines is 1. The van der Waals surface area contributed by atoms with Gasteiger partial charge in [0.05, 0.1) is 36.9 Å². The molecule has 8 rings (SSSR count). The van der Waals surface area contributed by atoms with Gasteiger partial charge in [-0.1, -0.05) is 24.6 Å². The van der Waals surface area contributed by atoms with Crippen molar-refractivity contribution in [2.45, 2.75) is 74.4 Å². The van der Waals surface area contributed by atoms with E-state index < -0.39 is 50.0 Å². The van der Waals surface area contributed by atoms with Crippen LogP contribution in [0, 0.1) is 11.8 Å². The van der Waals surface area contributed by atoms with Crippen LogP contribution in [0.5, 0.6) is 5.75 Å². The molecule has 0 aromatic heterocycles. The number of halogens is 2. The van der Waals surface area contributed by atoms with Gasteiger partial charge in [-0.15, -0.1) is 0 Å². The fraction of sp³-hybridized carbons (Fsp3) is 0.634. The highest BCUT2D eigenvalue weighted by Crippen LogP contribution is 2.47. The van der Waals surface area contributed by atoms with Crippen LogP contribution in [0.1, 0.15) is 61.0 Å². The molecule has 1 amide bonds. The molecule has 5 aliphatic heterocycles. The van der Waals surface area contributed by atoms with Crippen molar-refractivity contribution in [2.75, 3.05) is 84.3 Å². The molecule has 2 aromatic carbocycles. The summed E-state index contributed by atoms with van der Waals surface area (Å²) in [6.45, 7) is 10.1. The van der Waals surface area contributed by atoms with E-state index in [2.05, 4.69) is 31.6 Å². The lowest BCUT2D eigenvalue weighted by Gasteiger charge is -2.48. The molecule has 1 N–H and O–H groups in total. The lowest BCUT2D eigenvalue weighted by molar-refractivity contribution is -0.132. The summed E-state index contributed by atoms with van der Waals surface area (Å²) in [4.78, 5) is 20.7. The fourth-order valence-electron chi connectivity index (χ4n) is 9.98. The van der Waals surface area contributed by atoms with Crippen molar-refractivity contribution in [1.29, 1.82) is 0 Å². The van der Waals surface area contributed by atoms with E-state index in [-0.39, 0.29) is 30.5 Å². The van der Waals surface area contributed by atoms with Crippen molar-refractivity contribution in [2.24, 2.45) is 11.8 Å². The fourth-order valence-corrected chi connectivity index (χ4v) is 11.5. The molecule has 11 nitrogen and oxygen atoms in total. The molecular weight excluding hydrogens is 747 g/mol. The van der Waals surface area contributed by atoms with E-state index in [1.807, 2.05) is 6.07 Å². The Hall–Kier alpha value is -2.78. The number of amides is 1. The van der Waals surface area contributed by atoms with Crippen molar-refractivity contribution < 1.29 is 36.6 Å². The molecule has 55 heavy (non-hydrogen) atoms. The largest absolute Gasteiger partial charge is 0.490 e. The molecule has 5 heterocycles. The van der Waals surface area contributed by atoms with Gasteiger partial charge in [-0.25, -0.2) is 17.5 Å². The van der Waals surface area contributed by atoms with E-state index in [0.717, 1.165) is 45.5 Å². The molecule has 1 spiro atoms. The van der Waals surface area contributed by atoms with Crippen molar-refractivity contribution in [1.82, 2.24) is 14.5 Å². The molecule has 300 valence electrons. The predicted molar refractivity (Wildman–Crippen MR) is 209 cm³/mol. The molecule has 3 fully saturated rings. The number of hydrogen-bond acceptors (Lipinski definition) is 10. The minimum Gasteiger partial charge on any atom is -0.490 e. The number of rotatable bonds is 3. The molecule has 7 atom stereocenters. The first kappa shape index (κ1) is 39.1. The number of methoxy groups -OCH3 is 1. The third-order valence-corrected chi connectivity index (χ3v) is 15.5. The Balaban J connectivity index is 1.22. The maximum Gasteiger partial charge on any atom is 0.264 e. The minimum absolute atomic E-state index is 0.128. The number of sulfonamides is 1. The summed E-state index contributed by atoms with van der Waals surface area (Å²) in [6, 6.07) is 11.5. The van der Waals surface area contributed by atoms with Gasteiger partial charge in [-0.05, 0) is 92.5 Å². The van der Waals surface area contributed by atoms with Gasteiger partial charge in [-0.3, -0.25) is 14.6 Å². The first-order valence-electron chi connectivity index (χ1n) is 19.8. The third-order valence-electron chi connectivity index (χ3n) is 13.4. The Labute approximate surface area is 329 Å². The highest BCUT2D eigenvalue weighted by molar-refractivity contribution is 7.90. The van der Waals surface area contributed by atoms with Crippen molar-refractivity contribution >= 4 is 33.2 Å². The van der Waals surface area contributed by atoms with E-state index in [1.165, 1.54) is 17.2 Å². The highest BCUT2D eigenvalue weighted by atomic mass is 35.5. The second-order valence-electron chi connectivity index (χ2n) is 16.7. The van der Waals surface area contributed by atoms with Crippen LogP contribution in [-0.2, 0) is 36.1 Å². The zero-order chi connectivity index (χ0) is 38.5. The third kappa shape index (κ3) is 7.43. The van der Waals surface area contributed by atoms with Crippen LogP contribution in [-0.4, -0.2) is 126 Å². The number of nitrogens with zero attached hydrogens (tertiary/aromatic N) is 3. The molecule has 3 saturated heterocycles. The number of ether oxygens (including phenoxy) is 4. The number of fused-ring (bicyclic) bond motifs is 5. The monoisotopic (exact) mass is 800 g/mol. The van der Waals surface area contributed by atoms with E-state index in [4.69, 9.17) is 30.5 Å². The van der Waals surface area contributed by atoms with Crippen LogP contribution in [0.2, 0.25) is 5.02 Å². The molecule has 6 aliphatic rings. The van der Waals surface area contributed by atoms with Crippen LogP contribution in [0.25, 0.3) is 0 Å². The number of carbonyl (C=O) groups is 1. The SMILES string of the molecule is CO[C@@]1(CN2CCN3CCOC[C@@H]3C2)/C(F)=C/C[C@H](C)[C@@H](C)S(=O)(=O)NC(=O)c2ccc3c(c2)N(C[C@@H]2CCO[C@H]21)C[C@@]1(CCCc2cc(Cl)ccc21)CO3. The van der Waals surface area contributed by atoms with Gasteiger partial charge >= 0.3 is 0 Å². The second-order valence-corrected chi connectivity index (χ2v) is 19.1. The van der Waals surface area contributed by atoms with Crippen molar-refractivity contribution in [3.63, 3.8) is 0 Å². The number of carbonyl (C=O) groups excluding carboxylic acids is 1. The van der Waals surface area contributed by atoms with Crippen LogP contribution in [0.3, 0.4) is 0 Å². The smallest absolute Gasteiger partial charge is 0.264 e. The second kappa shape index (κ2) is 15.5. The lowest BCUT2D eigenvalue weighted by atomic mass is 9.70. The van der Waals surface area contributed by atoms with Gasteiger partial charge < -0.3 is 23.8 Å². The average molecular weight is 801 g/mol. The standard InChI is InChI=1S/C41H54ClFN4O7S/c1-27-6-11-37(43)41(51-3,25-45-14-15-46-16-18-52-23-33(46)22-45)38-31(12-17-53-38)21-47-24-40(13-4-5-29-19-32(42)8-9-34(29)40)26-54-36-10-7-30(20-35(36)47)39(48)44-55(49,50)28(27)2/h7-11,19-20,27-28,31,33,38H,4-6,12-18,21-26H2,1-3H3,(H,44,48)/b37-11-/t27-,28+,31-,33-,38+,40-,41-/m0/s1. The molecule has 0 saturated carbocycles. The summed E-state index contributed by atoms with van der Waals surface area (Å²) >= 11 is 6.49. The van der Waals surface area contributed by atoms with Gasteiger partial charge in [0, 0.05) is 87.5 Å². The first-order valence-corrected chi connectivity index (χ1v) is 21.8. The highest BCUT2D eigenvalue weighted by Gasteiger charge is 2.53. The normalized spacial score (nSPS) is 35.4. The molecule has 2 aromatic rings. The predicted octanol–water partition coefficient (Wildman–Crippen LogP) is 4.96. The minimum atomic E-state index is -4.12. The molecule has 14 heteroatoms. The molecule has 2 bridgehead atoms. The Morgan fingerprint density at radius 2 is 1.95 bits per heavy atom. The number of piperazine rings is 1. The topological polar surface area (TPSA) is 110 Å². The Morgan fingerprint density at radius 1 is 1.09 bits per heavy atom. The summed E-state index contributed by atoms with van der Waals surface area (Å²) < 4.78 is 72.6. The van der Waals surface area contributed by atoms with Gasteiger partial charge in [0.25, 0.3) is 5.91 Å². The molecular formula is C41H54ClFN4O7S. The van der Waals surface area contributed by atoms with E-state index in [1.54, 1.807) is 39.2 Å². The number of nitrogens with one attached hydrogen (secondary N) is 1. The Kier molecular flexibility index (Phi) is 11.0. The van der Waals surface area contributed by atoms with Crippen LogP contribution in [0.15, 0.2) is 48.3 Å². The van der Waals surface area contributed by atoms with Gasteiger partial charge in [-0.2, -0.15) is 0 Å². The summed E-state index contributed by atoms with van der Waals surface area (Å²) in [7, 11) is -2.56. The zero-order valence-corrected chi connectivity index (χ0v) is 33.7. The first-order chi connectivity index (χ1) is 26.4. The summed E-state index contributed by atoms with van der Waals surface area (Å²) in [5, 5.41) is -0.289. The lowest BCUT2D eigenvalue weighted by Crippen LogP contribution is -2.63. The van der Waals surface area contributed by atoms with Gasteiger partial charge in [0.1, 0.15) is 11.6 Å². The van der Waals surface area contributed by atoms with Gasteiger partial charge in [0.15, 0.2) is 5.60 Å². The van der Waals surface area contributed by atoms with Crippen LogP contribution >= 0.6 is 11.6 Å². The van der Waals surface area contributed by atoms with E-state index >= 15 is 4.39 Å². The number of hydrogen-bond donors (Lipinski definition) is 1.